The molecule has 2 heterocycles. The number of aryl methyl sites for hydroxylation is 2. The minimum absolute atomic E-state index is 0.0712. The lowest BCUT2D eigenvalue weighted by molar-refractivity contribution is -0.132. The van der Waals surface area contributed by atoms with E-state index in [1.807, 2.05) is 32.0 Å². The normalized spacial score (nSPS) is 14.5. The van der Waals surface area contributed by atoms with E-state index < -0.39 is 17.9 Å². The Balaban J connectivity index is 1.76. The van der Waals surface area contributed by atoms with Crippen molar-refractivity contribution in [1.82, 2.24) is 9.78 Å². The number of carbonyl (C=O) groups is 2. The fourth-order valence-corrected chi connectivity index (χ4v) is 3.70. The Labute approximate surface area is 190 Å². The van der Waals surface area contributed by atoms with Crippen LogP contribution in [0.3, 0.4) is 0 Å². The Morgan fingerprint density at radius 3 is 2.55 bits per heavy atom. The van der Waals surface area contributed by atoms with Gasteiger partial charge >= 0.3 is 5.97 Å². The summed E-state index contributed by atoms with van der Waals surface area (Å²) < 4.78 is 12.4. The molecule has 0 saturated heterocycles. The van der Waals surface area contributed by atoms with E-state index in [9.17, 15) is 14.7 Å². The van der Waals surface area contributed by atoms with Gasteiger partial charge in [0.15, 0.2) is 0 Å². The van der Waals surface area contributed by atoms with Gasteiger partial charge in [-0.1, -0.05) is 6.07 Å². The molecular formula is C24H24N4O5. The standard InChI is InChI=1S/C24H24N4O5/c1-13-5-6-15(9-14(13)2)26-23(29)18-12-25-28-20(11-19(24(30)31)27-22(18)28)17-10-16(32-3)7-8-21(17)33-4/h5-12,20,27H,1-4H3,(H,26,29)(H,30,31). The van der Waals surface area contributed by atoms with Gasteiger partial charge in [-0.3, -0.25) is 4.79 Å². The minimum atomic E-state index is -1.16. The summed E-state index contributed by atoms with van der Waals surface area (Å²) in [4.78, 5) is 24.9. The molecule has 0 aliphatic carbocycles. The molecule has 1 aromatic heterocycles. The first-order valence-corrected chi connectivity index (χ1v) is 10.2. The number of nitrogens with zero attached hydrogens (tertiary/aromatic N) is 2. The number of hydrogen-bond donors (Lipinski definition) is 3. The highest BCUT2D eigenvalue weighted by Crippen LogP contribution is 2.38. The van der Waals surface area contributed by atoms with E-state index in [2.05, 4.69) is 15.7 Å². The predicted octanol–water partition coefficient (Wildman–Crippen LogP) is 3.75. The lowest BCUT2D eigenvalue weighted by atomic mass is 10.0. The molecule has 4 rings (SSSR count). The summed E-state index contributed by atoms with van der Waals surface area (Å²) in [7, 11) is 3.07. The molecule has 0 saturated carbocycles. The molecule has 170 valence electrons. The quantitative estimate of drug-likeness (QED) is 0.526. The molecular weight excluding hydrogens is 424 g/mol. The molecule has 0 bridgehead atoms. The van der Waals surface area contributed by atoms with Crippen molar-refractivity contribution in [3.63, 3.8) is 0 Å². The summed E-state index contributed by atoms with van der Waals surface area (Å²) in [6, 6.07) is 10.2. The molecule has 3 N–H and O–H groups in total. The van der Waals surface area contributed by atoms with Crippen LogP contribution in [0.1, 0.15) is 33.1 Å². The summed E-state index contributed by atoms with van der Waals surface area (Å²) >= 11 is 0. The van der Waals surface area contributed by atoms with Gasteiger partial charge in [-0.2, -0.15) is 5.10 Å². The van der Waals surface area contributed by atoms with Crippen LogP contribution in [0.4, 0.5) is 11.5 Å². The predicted molar refractivity (Wildman–Crippen MR) is 123 cm³/mol. The Morgan fingerprint density at radius 1 is 1.09 bits per heavy atom. The maximum atomic E-state index is 13.1. The van der Waals surface area contributed by atoms with Gasteiger partial charge in [-0.25, -0.2) is 9.48 Å². The first-order chi connectivity index (χ1) is 15.8. The van der Waals surface area contributed by atoms with Crippen molar-refractivity contribution in [2.75, 3.05) is 24.9 Å². The minimum Gasteiger partial charge on any atom is -0.497 e. The summed E-state index contributed by atoms with van der Waals surface area (Å²) in [5.41, 5.74) is 3.58. The molecule has 0 spiro atoms. The van der Waals surface area contributed by atoms with Crippen LogP contribution in [0, 0.1) is 13.8 Å². The zero-order chi connectivity index (χ0) is 23.7. The third-order valence-electron chi connectivity index (χ3n) is 5.63. The van der Waals surface area contributed by atoms with E-state index in [-0.39, 0.29) is 17.1 Å². The molecule has 9 heteroatoms. The molecule has 1 unspecified atom stereocenters. The molecule has 1 aliphatic heterocycles. The maximum absolute atomic E-state index is 13.1. The van der Waals surface area contributed by atoms with Gasteiger partial charge in [-0.05, 0) is 61.4 Å². The van der Waals surface area contributed by atoms with Crippen LogP contribution in [0.25, 0.3) is 0 Å². The highest BCUT2D eigenvalue weighted by molar-refractivity contribution is 6.08. The fraction of sp³-hybridized carbons (Fsp3) is 0.208. The van der Waals surface area contributed by atoms with Crippen molar-refractivity contribution in [3.8, 4) is 11.5 Å². The van der Waals surface area contributed by atoms with Crippen LogP contribution in [0.2, 0.25) is 0 Å². The zero-order valence-electron chi connectivity index (χ0n) is 18.7. The fourth-order valence-electron chi connectivity index (χ4n) is 3.70. The van der Waals surface area contributed by atoms with Gasteiger partial charge in [0, 0.05) is 11.3 Å². The maximum Gasteiger partial charge on any atom is 0.352 e. The molecule has 1 amide bonds. The topological polar surface area (TPSA) is 115 Å². The molecule has 1 atom stereocenters. The number of carbonyl (C=O) groups excluding carboxylic acids is 1. The number of ether oxygens (including phenoxy) is 2. The number of benzene rings is 2. The van der Waals surface area contributed by atoms with Gasteiger partial charge < -0.3 is 25.2 Å². The van der Waals surface area contributed by atoms with Crippen LogP contribution < -0.4 is 20.1 Å². The number of allylic oxidation sites excluding steroid dienone is 1. The van der Waals surface area contributed by atoms with Crippen LogP contribution in [-0.4, -0.2) is 41.0 Å². The van der Waals surface area contributed by atoms with E-state index >= 15 is 0 Å². The molecule has 2 aromatic carbocycles. The number of carboxylic acids is 1. The third-order valence-corrected chi connectivity index (χ3v) is 5.63. The first-order valence-electron chi connectivity index (χ1n) is 10.2. The molecule has 0 radical (unpaired) electrons. The Morgan fingerprint density at radius 2 is 1.88 bits per heavy atom. The number of carboxylic acid groups (broad SMARTS) is 1. The van der Waals surface area contributed by atoms with E-state index in [0.29, 0.717) is 22.7 Å². The number of aromatic nitrogens is 2. The monoisotopic (exact) mass is 448 g/mol. The van der Waals surface area contributed by atoms with Crippen molar-refractivity contribution in [2.45, 2.75) is 19.9 Å². The highest BCUT2D eigenvalue weighted by Gasteiger charge is 2.31. The van der Waals surface area contributed by atoms with Crippen molar-refractivity contribution in [1.29, 1.82) is 0 Å². The summed E-state index contributed by atoms with van der Waals surface area (Å²) in [5.74, 6) is -0.182. The second kappa shape index (κ2) is 8.70. The van der Waals surface area contributed by atoms with Gasteiger partial charge in [0.2, 0.25) is 0 Å². The van der Waals surface area contributed by atoms with E-state index in [1.54, 1.807) is 30.0 Å². The van der Waals surface area contributed by atoms with Crippen molar-refractivity contribution in [2.24, 2.45) is 0 Å². The van der Waals surface area contributed by atoms with E-state index in [1.165, 1.54) is 19.4 Å². The average molecular weight is 448 g/mol. The van der Waals surface area contributed by atoms with Gasteiger partial charge in [-0.15, -0.1) is 0 Å². The number of amides is 1. The SMILES string of the molecule is COc1ccc(OC)c(C2C=C(C(=O)O)Nc3c(C(=O)Nc4ccc(C)c(C)c4)cnn32)c1. The third kappa shape index (κ3) is 4.12. The molecule has 1 aliphatic rings. The van der Waals surface area contributed by atoms with Crippen molar-refractivity contribution < 1.29 is 24.2 Å². The lowest BCUT2D eigenvalue weighted by Crippen LogP contribution is -2.26. The largest absolute Gasteiger partial charge is 0.497 e. The number of hydrogen-bond acceptors (Lipinski definition) is 6. The van der Waals surface area contributed by atoms with Crippen LogP contribution in [0.15, 0.2) is 54.4 Å². The van der Waals surface area contributed by atoms with Crippen molar-refractivity contribution in [3.05, 3.63) is 76.6 Å². The number of rotatable bonds is 6. The smallest absolute Gasteiger partial charge is 0.352 e. The van der Waals surface area contributed by atoms with Gasteiger partial charge in [0.25, 0.3) is 5.91 Å². The first kappa shape index (κ1) is 21.9. The Bertz CT molecular complexity index is 1280. The number of nitrogens with one attached hydrogen (secondary N) is 2. The number of fused-ring (bicyclic) bond motifs is 1. The van der Waals surface area contributed by atoms with E-state index in [0.717, 1.165) is 11.1 Å². The molecule has 3 aromatic rings. The number of aliphatic carboxylic acids is 1. The molecule has 33 heavy (non-hydrogen) atoms. The van der Waals surface area contributed by atoms with Crippen LogP contribution >= 0.6 is 0 Å². The highest BCUT2D eigenvalue weighted by atomic mass is 16.5. The Hall–Kier alpha value is -4.27. The summed E-state index contributed by atoms with van der Waals surface area (Å²) in [6.07, 6.45) is 2.93. The summed E-state index contributed by atoms with van der Waals surface area (Å²) in [6.45, 7) is 3.95. The van der Waals surface area contributed by atoms with Crippen LogP contribution in [0.5, 0.6) is 11.5 Å². The molecule has 0 fully saturated rings. The lowest BCUT2D eigenvalue weighted by Gasteiger charge is -2.26. The second-order valence-corrected chi connectivity index (χ2v) is 7.67. The number of methoxy groups -OCH3 is 2. The second-order valence-electron chi connectivity index (χ2n) is 7.67. The van der Waals surface area contributed by atoms with Gasteiger partial charge in [0.1, 0.15) is 34.6 Å². The van der Waals surface area contributed by atoms with Crippen LogP contribution in [-0.2, 0) is 4.79 Å². The zero-order valence-corrected chi connectivity index (χ0v) is 18.7. The van der Waals surface area contributed by atoms with Gasteiger partial charge in [0.05, 0.1) is 20.4 Å². The van der Waals surface area contributed by atoms with Crippen molar-refractivity contribution >= 4 is 23.4 Å². The molecule has 9 nitrogen and oxygen atoms in total. The number of anilines is 2. The summed E-state index contributed by atoms with van der Waals surface area (Å²) in [5, 5.41) is 19.8. The average Bonchev–Trinajstić information content (AvgIpc) is 3.24. The Kier molecular flexibility index (Phi) is 5.78. The van der Waals surface area contributed by atoms with E-state index in [4.69, 9.17) is 9.47 Å².